The van der Waals surface area contributed by atoms with Gasteiger partial charge in [0.1, 0.15) is 0 Å². The molecule has 0 fully saturated rings. The van der Waals surface area contributed by atoms with E-state index >= 15 is 0 Å². The minimum atomic E-state index is -4.67. The second-order valence-electron chi connectivity index (χ2n) is 0.794. The fourth-order valence-electron chi connectivity index (χ4n) is 0. The van der Waals surface area contributed by atoms with Crippen LogP contribution in [0.2, 0.25) is 0 Å². The van der Waals surface area contributed by atoms with Crippen LogP contribution in [0.3, 0.4) is 0 Å². The van der Waals surface area contributed by atoms with Gasteiger partial charge in [0, 0.05) is 0 Å². The van der Waals surface area contributed by atoms with Crippen molar-refractivity contribution in [2.24, 2.45) is 0 Å². The molecule has 0 radical (unpaired) electrons. The predicted octanol–water partition coefficient (Wildman–Crippen LogP) is -3.53. The second-order valence-corrected chi connectivity index (χ2v) is 1.69. The van der Waals surface area contributed by atoms with Crippen LogP contribution in [0, 0.1) is 0 Å². The third kappa shape index (κ3) is 7050. The summed E-state index contributed by atoms with van der Waals surface area (Å²) in [5.74, 6) is 0. The molecule has 0 atom stereocenters. The van der Waals surface area contributed by atoms with Crippen LogP contribution in [0.15, 0.2) is 0 Å². The minimum absolute atomic E-state index is 0. The summed E-state index contributed by atoms with van der Waals surface area (Å²) >= 11 is 0. The first-order valence-electron chi connectivity index (χ1n) is 1.47. The van der Waals surface area contributed by atoms with Crippen LogP contribution in [0.1, 0.15) is 0 Å². The van der Waals surface area contributed by atoms with E-state index in [1.807, 2.05) is 0 Å². The van der Waals surface area contributed by atoms with Crippen molar-refractivity contribution in [1.29, 1.82) is 0 Å². The van der Waals surface area contributed by atoms with Crippen molar-refractivity contribution < 1.29 is 38.1 Å². The third-order valence-corrected chi connectivity index (χ3v) is 0. The van der Waals surface area contributed by atoms with Gasteiger partial charge in [-0.1, -0.05) is 0 Å². The summed E-state index contributed by atoms with van der Waals surface area (Å²) < 4.78 is 31.6. The first-order valence-corrected chi connectivity index (χ1v) is 2.87. The van der Waals surface area contributed by atoms with E-state index in [0.717, 1.165) is 0 Å². The Bertz CT molecular complexity index is 121. The van der Waals surface area contributed by atoms with Crippen molar-refractivity contribution >= 4 is 17.7 Å². The van der Waals surface area contributed by atoms with Crippen molar-refractivity contribution in [1.82, 2.24) is 0 Å². The van der Waals surface area contributed by atoms with E-state index in [1.165, 1.54) is 0 Å². The Morgan fingerprint density at radius 3 is 1.00 bits per heavy atom. The molecule has 0 aliphatic carbocycles. The maximum atomic E-state index is 8.74. The topological polar surface area (TPSA) is 167 Å². The monoisotopic (exact) mass is 178 g/mol. The van der Waals surface area contributed by atoms with E-state index in [2.05, 4.69) is 0 Å². The van der Waals surface area contributed by atoms with Crippen LogP contribution in [0.4, 0.5) is 0 Å². The standard InChI is InChI=1S/BH3O3.H2O4S.H2O/c2-1(3)4;1-5(2,3)4;/h2-4H;(H2,1,2,3,4);1H2. The highest BCUT2D eigenvalue weighted by Crippen LogP contribution is 1.59. The van der Waals surface area contributed by atoms with Crippen LogP contribution in [-0.4, -0.2) is 45.4 Å². The molecule has 8 nitrogen and oxygen atoms in total. The van der Waals surface area contributed by atoms with Gasteiger partial charge in [-0.2, -0.15) is 8.42 Å². The van der Waals surface area contributed by atoms with Crippen molar-refractivity contribution in [2.75, 3.05) is 0 Å². The molecule has 10 heavy (non-hydrogen) atoms. The van der Waals surface area contributed by atoms with Crippen molar-refractivity contribution in [3.05, 3.63) is 0 Å². The Hall–Kier alpha value is -0.225. The molecule has 0 heterocycles. The molecule has 0 rings (SSSR count). The molecule has 0 unspecified atom stereocenters. The quantitative estimate of drug-likeness (QED) is 0.189. The van der Waals surface area contributed by atoms with E-state index < -0.39 is 17.7 Å². The first kappa shape index (κ1) is 16.4. The molecule has 10 heteroatoms. The molecule has 0 aliphatic heterocycles. The van der Waals surface area contributed by atoms with Gasteiger partial charge in [0.15, 0.2) is 0 Å². The molecule has 0 aromatic rings. The minimum Gasteiger partial charge on any atom is -0.412 e. The zero-order chi connectivity index (χ0) is 8.08. The zero-order valence-electron chi connectivity index (χ0n) is 4.54. The fraction of sp³-hybridized carbons (Fsp3) is 0. The van der Waals surface area contributed by atoms with Crippen LogP contribution in [-0.2, 0) is 10.4 Å². The second kappa shape index (κ2) is 6.89. The molecule has 0 saturated heterocycles. The summed E-state index contributed by atoms with van der Waals surface area (Å²) in [6.07, 6.45) is 0. The van der Waals surface area contributed by atoms with Crippen LogP contribution in [0.5, 0.6) is 0 Å². The molecule has 0 bridgehead atoms. The molecular weight excluding hydrogens is 171 g/mol. The summed E-state index contributed by atoms with van der Waals surface area (Å²) in [5, 5.41) is 21.5. The average molecular weight is 178 g/mol. The van der Waals surface area contributed by atoms with Crippen LogP contribution < -0.4 is 0 Å². The Morgan fingerprint density at radius 1 is 1.00 bits per heavy atom. The highest BCUT2D eigenvalue weighted by Gasteiger charge is 1.92. The molecule has 0 saturated carbocycles. The number of hydrogen-bond acceptors (Lipinski definition) is 5. The lowest BCUT2D eigenvalue weighted by atomic mass is 10.3. The van der Waals surface area contributed by atoms with Gasteiger partial charge >= 0.3 is 17.7 Å². The van der Waals surface area contributed by atoms with E-state index in [1.54, 1.807) is 0 Å². The van der Waals surface area contributed by atoms with Gasteiger partial charge in [-0.3, -0.25) is 9.11 Å². The Morgan fingerprint density at radius 2 is 1.00 bits per heavy atom. The van der Waals surface area contributed by atoms with Gasteiger partial charge in [-0.25, -0.2) is 0 Å². The van der Waals surface area contributed by atoms with Gasteiger partial charge < -0.3 is 20.5 Å². The summed E-state index contributed by atoms with van der Waals surface area (Å²) in [6, 6.07) is 0. The van der Waals surface area contributed by atoms with Gasteiger partial charge in [-0.05, 0) is 0 Å². The molecular formula is H7BO8S. The zero-order valence-corrected chi connectivity index (χ0v) is 5.35. The molecule has 64 valence electrons. The first-order chi connectivity index (χ1) is 3.73. The lowest BCUT2D eigenvalue weighted by Crippen LogP contribution is -2.07. The maximum Gasteiger partial charge on any atom is 0.631 e. The van der Waals surface area contributed by atoms with Gasteiger partial charge in [0.05, 0.1) is 0 Å². The van der Waals surface area contributed by atoms with E-state index in [9.17, 15) is 0 Å². The van der Waals surface area contributed by atoms with E-state index in [0.29, 0.717) is 0 Å². The molecule has 0 aromatic heterocycles. The fourth-order valence-corrected chi connectivity index (χ4v) is 0. The lowest BCUT2D eigenvalue weighted by Gasteiger charge is -1.69. The van der Waals surface area contributed by atoms with Crippen molar-refractivity contribution in [2.45, 2.75) is 0 Å². The molecule has 0 amide bonds. The highest BCUT2D eigenvalue weighted by atomic mass is 32.3. The van der Waals surface area contributed by atoms with E-state index in [4.69, 9.17) is 32.6 Å². The molecule has 7 N–H and O–H groups in total. The van der Waals surface area contributed by atoms with E-state index in [-0.39, 0.29) is 5.48 Å². The SMILES string of the molecule is O.O=S(=O)(O)O.OB(O)O. The normalized spacial score (nSPS) is 8.50. The third-order valence-electron chi connectivity index (χ3n) is 0. The van der Waals surface area contributed by atoms with Gasteiger partial charge in [-0.15, -0.1) is 0 Å². The number of rotatable bonds is 0. The van der Waals surface area contributed by atoms with Gasteiger partial charge in [0.2, 0.25) is 0 Å². The largest absolute Gasteiger partial charge is 0.631 e. The molecule has 0 aromatic carbocycles. The Labute approximate surface area is 56.8 Å². The smallest absolute Gasteiger partial charge is 0.412 e. The predicted molar refractivity (Wildman–Crippen MR) is 30.2 cm³/mol. The van der Waals surface area contributed by atoms with Gasteiger partial charge in [0.25, 0.3) is 0 Å². The van der Waals surface area contributed by atoms with Crippen molar-refractivity contribution in [3.8, 4) is 0 Å². The summed E-state index contributed by atoms with van der Waals surface area (Å²) in [7, 11) is -6.83. The molecule has 0 aliphatic rings. The molecule has 0 spiro atoms. The highest BCUT2D eigenvalue weighted by molar-refractivity contribution is 7.79. The summed E-state index contributed by atoms with van der Waals surface area (Å²) in [4.78, 5) is 0. The van der Waals surface area contributed by atoms with Crippen molar-refractivity contribution in [3.63, 3.8) is 0 Å². The Balaban J connectivity index is -0.0000000910. The Kier molecular flexibility index (Phi) is 11.3. The summed E-state index contributed by atoms with van der Waals surface area (Å²) in [6.45, 7) is 0. The van der Waals surface area contributed by atoms with Crippen LogP contribution in [0.25, 0.3) is 0 Å². The lowest BCUT2D eigenvalue weighted by molar-refractivity contribution is 0.278. The average Bonchev–Trinajstić information content (AvgIpc) is 1.19. The number of hydrogen-bond donors (Lipinski definition) is 5. The van der Waals surface area contributed by atoms with Crippen LogP contribution >= 0.6 is 0 Å². The summed E-state index contributed by atoms with van der Waals surface area (Å²) in [5.41, 5.74) is 0. The maximum absolute atomic E-state index is 8.74.